The highest BCUT2D eigenvalue weighted by atomic mass is 14.2. The number of benzene rings is 8. The molecule has 0 N–H and O–H groups in total. The second kappa shape index (κ2) is 10.3. The third-order valence-electron chi connectivity index (χ3n) is 8.96. The fourth-order valence-electron chi connectivity index (χ4n) is 6.57. The minimum absolute atomic E-state index is 0.443. The fraction of sp³-hybridized carbons (Fsp3) is 0.0698. The first-order chi connectivity index (χ1) is 21.1. The summed E-state index contributed by atoms with van der Waals surface area (Å²) < 4.78 is 0. The molecule has 0 aromatic heterocycles. The average molecular weight is 549 g/mol. The summed E-state index contributed by atoms with van der Waals surface area (Å²) in [5.41, 5.74) is 8.94. The third kappa shape index (κ3) is 4.57. The first-order valence-corrected chi connectivity index (χ1v) is 15.2. The van der Waals surface area contributed by atoms with E-state index in [1.165, 1.54) is 82.0 Å². The lowest BCUT2D eigenvalue weighted by molar-refractivity contribution is 0.867. The summed E-state index contributed by atoms with van der Waals surface area (Å²) in [6, 6.07) is 56.1. The number of hydrogen-bond acceptors (Lipinski definition) is 0. The smallest absolute Gasteiger partial charge is 0.00988 e. The van der Waals surface area contributed by atoms with Crippen molar-refractivity contribution in [2.75, 3.05) is 0 Å². The van der Waals surface area contributed by atoms with Crippen LogP contribution in [0.1, 0.15) is 25.3 Å². The third-order valence-corrected chi connectivity index (χ3v) is 8.96. The van der Waals surface area contributed by atoms with Crippen molar-refractivity contribution in [2.45, 2.75) is 19.8 Å². The van der Waals surface area contributed by atoms with E-state index >= 15 is 0 Å². The van der Waals surface area contributed by atoms with Gasteiger partial charge in [0, 0.05) is 0 Å². The number of rotatable bonds is 4. The Morgan fingerprint density at radius 1 is 0.326 bits per heavy atom. The van der Waals surface area contributed by atoms with Gasteiger partial charge in [-0.05, 0) is 118 Å². The quantitative estimate of drug-likeness (QED) is 0.192. The second-order valence-electron chi connectivity index (χ2n) is 12.0. The Labute approximate surface area is 252 Å². The fourth-order valence-corrected chi connectivity index (χ4v) is 6.57. The molecule has 0 atom stereocenters. The maximum Gasteiger partial charge on any atom is -0.00988 e. The van der Waals surface area contributed by atoms with Gasteiger partial charge >= 0.3 is 0 Å². The van der Waals surface area contributed by atoms with Gasteiger partial charge in [0.1, 0.15) is 0 Å². The Hall–Kier alpha value is -5.20. The molecule has 0 aliphatic heterocycles. The molecule has 0 saturated heterocycles. The summed E-state index contributed by atoms with van der Waals surface area (Å²) in [4.78, 5) is 0. The molecule has 0 unspecified atom stereocenters. The van der Waals surface area contributed by atoms with Crippen LogP contribution in [0.2, 0.25) is 0 Å². The Bertz CT molecular complexity index is 2320. The lowest BCUT2D eigenvalue weighted by atomic mass is 9.90. The Morgan fingerprint density at radius 2 is 0.814 bits per heavy atom. The topological polar surface area (TPSA) is 0 Å². The SMILES string of the molecule is CC(C)c1cc(-c2ccc3ccccc3c2)cc(-c2ccc3cc(-c4cc5ccccc5c5ccccc45)ccc3c2)c1. The monoisotopic (exact) mass is 548 g/mol. The van der Waals surface area contributed by atoms with Crippen molar-refractivity contribution in [2.24, 2.45) is 0 Å². The molecule has 8 rings (SSSR count). The number of hydrogen-bond donors (Lipinski definition) is 0. The minimum Gasteiger partial charge on any atom is -0.0616 e. The van der Waals surface area contributed by atoms with Crippen molar-refractivity contribution in [3.05, 3.63) is 157 Å². The van der Waals surface area contributed by atoms with Gasteiger partial charge in [0.05, 0.1) is 0 Å². The van der Waals surface area contributed by atoms with Crippen LogP contribution >= 0.6 is 0 Å². The molecule has 0 bridgehead atoms. The van der Waals surface area contributed by atoms with Crippen molar-refractivity contribution in [3.8, 4) is 33.4 Å². The van der Waals surface area contributed by atoms with Crippen LogP contribution in [0.25, 0.3) is 76.5 Å². The van der Waals surface area contributed by atoms with Crippen LogP contribution in [0, 0.1) is 0 Å². The Morgan fingerprint density at radius 3 is 1.49 bits per heavy atom. The van der Waals surface area contributed by atoms with E-state index in [4.69, 9.17) is 0 Å². The molecular weight excluding hydrogens is 516 g/mol. The zero-order valence-corrected chi connectivity index (χ0v) is 24.5. The van der Waals surface area contributed by atoms with Crippen molar-refractivity contribution < 1.29 is 0 Å². The molecule has 0 amide bonds. The van der Waals surface area contributed by atoms with Crippen LogP contribution in [0.3, 0.4) is 0 Å². The van der Waals surface area contributed by atoms with E-state index in [1.807, 2.05) is 0 Å². The van der Waals surface area contributed by atoms with Gasteiger partial charge in [-0.25, -0.2) is 0 Å². The first kappa shape index (κ1) is 25.5. The normalized spacial score (nSPS) is 11.7. The largest absolute Gasteiger partial charge is 0.0616 e. The minimum atomic E-state index is 0.443. The van der Waals surface area contributed by atoms with E-state index in [1.54, 1.807) is 0 Å². The van der Waals surface area contributed by atoms with Crippen LogP contribution < -0.4 is 0 Å². The van der Waals surface area contributed by atoms with Crippen LogP contribution in [0.5, 0.6) is 0 Å². The molecule has 8 aromatic carbocycles. The van der Waals surface area contributed by atoms with E-state index < -0.39 is 0 Å². The maximum absolute atomic E-state index is 2.37. The Kier molecular flexibility index (Phi) is 6.09. The van der Waals surface area contributed by atoms with E-state index in [2.05, 4.69) is 166 Å². The standard InChI is InChI=1S/C43H32/c1-28(2)37-24-38(33-16-15-29-9-3-4-10-30(29)21-33)26-39(25-37)34-18-17-32-23-36(20-19-31(32)22-34)43-27-35-11-5-6-12-40(35)41-13-7-8-14-42(41)43/h3-28H,1-2H3. The van der Waals surface area contributed by atoms with Crippen molar-refractivity contribution >= 4 is 43.1 Å². The van der Waals surface area contributed by atoms with Gasteiger partial charge in [0.25, 0.3) is 0 Å². The van der Waals surface area contributed by atoms with Crippen LogP contribution in [-0.2, 0) is 0 Å². The highest BCUT2D eigenvalue weighted by molar-refractivity contribution is 6.14. The van der Waals surface area contributed by atoms with Crippen molar-refractivity contribution in [1.29, 1.82) is 0 Å². The second-order valence-corrected chi connectivity index (χ2v) is 12.0. The summed E-state index contributed by atoms with van der Waals surface area (Å²) in [6.07, 6.45) is 0. The summed E-state index contributed by atoms with van der Waals surface area (Å²) in [6.45, 7) is 4.56. The molecular formula is C43H32. The molecule has 0 nitrogen and oxygen atoms in total. The van der Waals surface area contributed by atoms with Gasteiger partial charge in [0.2, 0.25) is 0 Å². The summed E-state index contributed by atoms with van der Waals surface area (Å²) in [5, 5.41) is 10.2. The van der Waals surface area contributed by atoms with E-state index in [9.17, 15) is 0 Å². The average Bonchev–Trinajstić information content (AvgIpc) is 3.07. The van der Waals surface area contributed by atoms with Gasteiger partial charge in [-0.15, -0.1) is 0 Å². The summed E-state index contributed by atoms with van der Waals surface area (Å²) in [7, 11) is 0. The van der Waals surface area contributed by atoms with Gasteiger partial charge < -0.3 is 0 Å². The van der Waals surface area contributed by atoms with Gasteiger partial charge in [0.15, 0.2) is 0 Å². The first-order valence-electron chi connectivity index (χ1n) is 15.2. The molecule has 0 aliphatic rings. The molecule has 8 aromatic rings. The molecule has 0 heteroatoms. The highest BCUT2D eigenvalue weighted by Crippen LogP contribution is 2.38. The van der Waals surface area contributed by atoms with Gasteiger partial charge in [-0.1, -0.05) is 135 Å². The van der Waals surface area contributed by atoms with Gasteiger partial charge in [-0.3, -0.25) is 0 Å². The molecule has 204 valence electrons. The van der Waals surface area contributed by atoms with Crippen LogP contribution in [0.15, 0.2) is 152 Å². The molecule has 0 radical (unpaired) electrons. The lowest BCUT2D eigenvalue weighted by Gasteiger charge is -2.15. The highest BCUT2D eigenvalue weighted by Gasteiger charge is 2.12. The molecule has 0 aliphatic carbocycles. The van der Waals surface area contributed by atoms with E-state index in [0.717, 1.165) is 0 Å². The summed E-state index contributed by atoms with van der Waals surface area (Å²) in [5.74, 6) is 0.443. The van der Waals surface area contributed by atoms with E-state index in [0.29, 0.717) is 5.92 Å². The maximum atomic E-state index is 2.37. The zero-order valence-electron chi connectivity index (χ0n) is 24.5. The predicted octanol–water partition coefficient (Wildman–Crippen LogP) is 12.4. The number of fused-ring (bicyclic) bond motifs is 5. The zero-order chi connectivity index (χ0) is 28.9. The lowest BCUT2D eigenvalue weighted by Crippen LogP contribution is -1.91. The van der Waals surface area contributed by atoms with Crippen LogP contribution in [0.4, 0.5) is 0 Å². The van der Waals surface area contributed by atoms with Gasteiger partial charge in [-0.2, -0.15) is 0 Å². The molecule has 0 fully saturated rings. The van der Waals surface area contributed by atoms with Crippen molar-refractivity contribution in [3.63, 3.8) is 0 Å². The molecule has 0 heterocycles. The molecule has 43 heavy (non-hydrogen) atoms. The summed E-state index contributed by atoms with van der Waals surface area (Å²) >= 11 is 0. The van der Waals surface area contributed by atoms with Crippen molar-refractivity contribution in [1.82, 2.24) is 0 Å². The molecule has 0 saturated carbocycles. The van der Waals surface area contributed by atoms with Crippen LogP contribution in [-0.4, -0.2) is 0 Å². The van der Waals surface area contributed by atoms with E-state index in [-0.39, 0.29) is 0 Å². The predicted molar refractivity (Wildman–Crippen MR) is 187 cm³/mol. The molecule has 0 spiro atoms. The Balaban J connectivity index is 1.23.